The topological polar surface area (TPSA) is 55.2 Å². The Morgan fingerprint density at radius 3 is 2.51 bits per heavy atom. The Morgan fingerprint density at radius 2 is 1.83 bits per heavy atom. The van der Waals surface area contributed by atoms with Crippen LogP contribution in [0, 0.1) is 12.7 Å². The monoisotopic (exact) mass is 491 g/mol. The zero-order valence-corrected chi connectivity index (χ0v) is 20.7. The van der Waals surface area contributed by atoms with Gasteiger partial charge in [0.2, 0.25) is 0 Å². The molecule has 35 heavy (non-hydrogen) atoms. The van der Waals surface area contributed by atoms with Crippen molar-refractivity contribution in [3.05, 3.63) is 105 Å². The van der Waals surface area contributed by atoms with Crippen LogP contribution in [0.4, 0.5) is 4.39 Å². The van der Waals surface area contributed by atoms with Crippen LogP contribution < -0.4 is 5.56 Å². The SMILES string of the molecule is CCCCN(C(=O)c1ccc(F)cc1)C(C)c1nc2ccccc2c(=O)n1-c1ccc(Cl)cc1C. The number of hydrogen-bond donors (Lipinski definition) is 0. The van der Waals surface area contributed by atoms with E-state index >= 15 is 0 Å². The summed E-state index contributed by atoms with van der Waals surface area (Å²) in [6, 6.07) is 17.5. The van der Waals surface area contributed by atoms with Gasteiger partial charge in [-0.1, -0.05) is 37.1 Å². The van der Waals surface area contributed by atoms with Crippen molar-refractivity contribution in [3.8, 4) is 5.69 Å². The predicted molar refractivity (Wildman–Crippen MR) is 138 cm³/mol. The highest BCUT2D eigenvalue weighted by atomic mass is 35.5. The van der Waals surface area contributed by atoms with E-state index in [1.165, 1.54) is 24.3 Å². The van der Waals surface area contributed by atoms with E-state index in [2.05, 4.69) is 0 Å². The van der Waals surface area contributed by atoms with Gasteiger partial charge in [0.1, 0.15) is 11.6 Å². The second-order valence-electron chi connectivity index (χ2n) is 8.59. The Bertz CT molecular complexity index is 1430. The highest BCUT2D eigenvalue weighted by molar-refractivity contribution is 6.30. The minimum absolute atomic E-state index is 0.215. The summed E-state index contributed by atoms with van der Waals surface area (Å²) >= 11 is 6.19. The molecule has 0 N–H and O–H groups in total. The van der Waals surface area contributed by atoms with Crippen LogP contribution in [-0.2, 0) is 0 Å². The minimum Gasteiger partial charge on any atom is -0.329 e. The molecule has 0 radical (unpaired) electrons. The molecule has 7 heteroatoms. The van der Waals surface area contributed by atoms with Crippen LogP contribution in [0.5, 0.6) is 0 Å². The molecule has 1 aromatic heterocycles. The number of aryl methyl sites for hydroxylation is 1. The van der Waals surface area contributed by atoms with Gasteiger partial charge in [-0.15, -0.1) is 0 Å². The first-order chi connectivity index (χ1) is 16.8. The van der Waals surface area contributed by atoms with E-state index in [0.29, 0.717) is 39.5 Å². The van der Waals surface area contributed by atoms with Gasteiger partial charge in [-0.3, -0.25) is 14.2 Å². The first-order valence-corrected chi connectivity index (χ1v) is 12.0. The number of unbranched alkanes of at least 4 members (excludes halogenated alkanes) is 1. The smallest absolute Gasteiger partial charge is 0.266 e. The molecule has 0 saturated carbocycles. The Morgan fingerprint density at radius 1 is 1.11 bits per heavy atom. The number of benzene rings is 3. The molecular weight excluding hydrogens is 465 g/mol. The molecule has 5 nitrogen and oxygen atoms in total. The third-order valence-corrected chi connectivity index (χ3v) is 6.38. The summed E-state index contributed by atoms with van der Waals surface area (Å²) in [6.45, 7) is 6.27. The summed E-state index contributed by atoms with van der Waals surface area (Å²) < 4.78 is 15.1. The van der Waals surface area contributed by atoms with Crippen molar-refractivity contribution < 1.29 is 9.18 Å². The summed E-state index contributed by atoms with van der Waals surface area (Å²) in [5, 5.41) is 1.06. The van der Waals surface area contributed by atoms with Crippen molar-refractivity contribution >= 4 is 28.4 Å². The lowest BCUT2D eigenvalue weighted by atomic mass is 10.1. The first-order valence-electron chi connectivity index (χ1n) is 11.7. The summed E-state index contributed by atoms with van der Waals surface area (Å²) in [4.78, 5) is 33.9. The van der Waals surface area contributed by atoms with Gasteiger partial charge in [-0.05, 0) is 80.4 Å². The lowest BCUT2D eigenvalue weighted by molar-refractivity contribution is 0.0678. The third-order valence-electron chi connectivity index (χ3n) is 6.15. The fourth-order valence-corrected chi connectivity index (χ4v) is 4.46. The van der Waals surface area contributed by atoms with Crippen molar-refractivity contribution in [1.29, 1.82) is 0 Å². The highest BCUT2D eigenvalue weighted by Crippen LogP contribution is 2.27. The van der Waals surface area contributed by atoms with Crippen molar-refractivity contribution in [1.82, 2.24) is 14.5 Å². The maximum atomic E-state index is 13.8. The van der Waals surface area contributed by atoms with E-state index in [-0.39, 0.29) is 11.5 Å². The van der Waals surface area contributed by atoms with E-state index in [9.17, 15) is 14.0 Å². The van der Waals surface area contributed by atoms with Crippen LogP contribution >= 0.6 is 11.6 Å². The molecule has 0 aliphatic heterocycles. The van der Waals surface area contributed by atoms with E-state index in [4.69, 9.17) is 16.6 Å². The standard InChI is InChI=1S/C28H27ClFN3O2/c1-4-5-16-32(27(34)20-10-13-22(30)14-11-20)19(3)26-31-24-9-7-6-8-23(24)28(35)33(26)25-15-12-21(29)17-18(25)2/h6-15,17,19H,4-5,16H2,1-3H3. The van der Waals surface area contributed by atoms with Gasteiger partial charge in [0, 0.05) is 17.1 Å². The number of hydrogen-bond acceptors (Lipinski definition) is 3. The summed E-state index contributed by atoms with van der Waals surface area (Å²) in [5.41, 5.74) is 2.20. The molecule has 0 spiro atoms. The maximum absolute atomic E-state index is 13.8. The van der Waals surface area contributed by atoms with E-state index in [1.807, 2.05) is 26.8 Å². The summed E-state index contributed by atoms with van der Waals surface area (Å²) in [7, 11) is 0. The lowest BCUT2D eigenvalue weighted by Gasteiger charge is -2.31. The fourth-order valence-electron chi connectivity index (χ4n) is 4.23. The van der Waals surface area contributed by atoms with Gasteiger partial charge < -0.3 is 4.90 Å². The summed E-state index contributed by atoms with van der Waals surface area (Å²) in [5.74, 6) is -0.198. The van der Waals surface area contributed by atoms with Gasteiger partial charge in [0.25, 0.3) is 11.5 Å². The van der Waals surface area contributed by atoms with Crippen LogP contribution in [0.15, 0.2) is 71.5 Å². The molecule has 0 aliphatic carbocycles. The molecule has 0 fully saturated rings. The number of amides is 1. The molecule has 1 heterocycles. The number of nitrogens with zero attached hydrogens (tertiary/aromatic N) is 3. The van der Waals surface area contributed by atoms with Crippen LogP contribution in [0.25, 0.3) is 16.6 Å². The molecule has 180 valence electrons. The Labute approximate surface area is 208 Å². The Hall–Kier alpha value is -3.51. The second kappa shape index (κ2) is 10.4. The van der Waals surface area contributed by atoms with E-state index in [1.54, 1.807) is 45.9 Å². The lowest BCUT2D eigenvalue weighted by Crippen LogP contribution is -2.38. The van der Waals surface area contributed by atoms with Crippen LogP contribution in [-0.4, -0.2) is 26.9 Å². The van der Waals surface area contributed by atoms with Crippen molar-refractivity contribution in [2.45, 2.75) is 39.7 Å². The molecule has 3 aromatic carbocycles. The number of aromatic nitrogens is 2. The first kappa shape index (κ1) is 24.6. The Kier molecular flexibility index (Phi) is 7.31. The van der Waals surface area contributed by atoms with Crippen LogP contribution in [0.1, 0.15) is 54.5 Å². The van der Waals surface area contributed by atoms with Crippen LogP contribution in [0.2, 0.25) is 5.02 Å². The van der Waals surface area contributed by atoms with Gasteiger partial charge >= 0.3 is 0 Å². The summed E-state index contributed by atoms with van der Waals surface area (Å²) in [6.07, 6.45) is 1.66. The molecule has 0 saturated heterocycles. The molecular formula is C28H27ClFN3O2. The predicted octanol–water partition coefficient (Wildman–Crippen LogP) is 6.49. The second-order valence-corrected chi connectivity index (χ2v) is 9.03. The normalized spacial score (nSPS) is 12.0. The Balaban J connectivity index is 1.92. The van der Waals surface area contributed by atoms with Crippen LogP contribution in [0.3, 0.4) is 0 Å². The molecule has 1 amide bonds. The van der Waals surface area contributed by atoms with E-state index in [0.717, 1.165) is 18.4 Å². The maximum Gasteiger partial charge on any atom is 0.266 e. The van der Waals surface area contributed by atoms with Crippen molar-refractivity contribution in [2.75, 3.05) is 6.54 Å². The number of fused-ring (bicyclic) bond motifs is 1. The number of halogens is 2. The quantitative estimate of drug-likeness (QED) is 0.297. The zero-order valence-electron chi connectivity index (χ0n) is 20.0. The zero-order chi connectivity index (χ0) is 25.1. The molecule has 0 bridgehead atoms. The number of rotatable bonds is 7. The van der Waals surface area contributed by atoms with Gasteiger partial charge in [0.05, 0.1) is 22.6 Å². The molecule has 1 atom stereocenters. The van der Waals surface area contributed by atoms with Crippen molar-refractivity contribution in [2.24, 2.45) is 0 Å². The van der Waals surface area contributed by atoms with Gasteiger partial charge in [-0.2, -0.15) is 0 Å². The minimum atomic E-state index is -0.536. The largest absolute Gasteiger partial charge is 0.329 e. The van der Waals surface area contributed by atoms with Gasteiger partial charge in [0.15, 0.2) is 0 Å². The number of carbonyl (C=O) groups is 1. The van der Waals surface area contributed by atoms with Gasteiger partial charge in [-0.25, -0.2) is 9.37 Å². The van der Waals surface area contributed by atoms with E-state index < -0.39 is 11.9 Å². The fraction of sp³-hybridized carbons (Fsp3) is 0.250. The molecule has 4 aromatic rings. The number of para-hydroxylation sites is 1. The van der Waals surface area contributed by atoms with Crippen molar-refractivity contribution in [3.63, 3.8) is 0 Å². The molecule has 4 rings (SSSR count). The average Bonchev–Trinajstić information content (AvgIpc) is 2.85. The highest BCUT2D eigenvalue weighted by Gasteiger charge is 2.27. The molecule has 0 aliphatic rings. The number of carbonyl (C=O) groups excluding carboxylic acids is 1. The average molecular weight is 492 g/mol. The molecule has 1 unspecified atom stereocenters. The third kappa shape index (κ3) is 4.98.